The van der Waals surface area contributed by atoms with Crippen molar-refractivity contribution >= 4 is 38.8 Å². The third kappa shape index (κ3) is 4.72. The number of benzene rings is 4. The molecule has 1 aliphatic rings. The summed E-state index contributed by atoms with van der Waals surface area (Å²) in [7, 11) is -2.83. The number of alkyl halides is 3. The Morgan fingerprint density at radius 1 is 0.867 bits per heavy atom. The lowest BCUT2D eigenvalue weighted by molar-refractivity contribution is -0.189. The van der Waals surface area contributed by atoms with Crippen molar-refractivity contribution in [3.63, 3.8) is 0 Å². The van der Waals surface area contributed by atoms with Crippen LogP contribution in [0.5, 0.6) is 5.75 Å². The molecule has 228 valence electrons. The summed E-state index contributed by atoms with van der Waals surface area (Å²) in [6.07, 6.45) is -4.17. The number of hydrogen-bond donors (Lipinski definition) is 1. The SMILES string of the molecule is CN1C(=O)C(c2ccccc2)(c2cccc(-c3cn(S(=O)(=O)c4ccccc4)c4ccccc34)c2OC(=O)C(F)(F)F)N=C1N. The predicted octanol–water partition coefficient (Wildman–Crippen LogP) is 5.04. The second-order valence-corrected chi connectivity index (χ2v) is 12.0. The Balaban J connectivity index is 1.69. The number of nitrogens with two attached hydrogens (primary N) is 1. The van der Waals surface area contributed by atoms with Gasteiger partial charge in [-0.2, -0.15) is 13.2 Å². The number of amides is 1. The third-order valence-electron chi connectivity index (χ3n) is 7.53. The van der Waals surface area contributed by atoms with Crippen molar-refractivity contribution in [2.24, 2.45) is 10.7 Å². The molecule has 9 nitrogen and oxygen atoms in total. The summed E-state index contributed by atoms with van der Waals surface area (Å²) >= 11 is 0. The molecule has 0 bridgehead atoms. The summed E-state index contributed by atoms with van der Waals surface area (Å²) in [5.41, 5.74) is 4.32. The van der Waals surface area contributed by atoms with Crippen molar-refractivity contribution in [1.82, 2.24) is 8.87 Å². The largest absolute Gasteiger partial charge is 0.491 e. The molecule has 0 spiro atoms. The van der Waals surface area contributed by atoms with E-state index in [2.05, 4.69) is 4.99 Å². The first-order valence-electron chi connectivity index (χ1n) is 13.4. The lowest BCUT2D eigenvalue weighted by Gasteiger charge is -2.28. The Labute approximate surface area is 255 Å². The molecule has 0 radical (unpaired) electrons. The quantitative estimate of drug-likeness (QED) is 0.207. The van der Waals surface area contributed by atoms with E-state index in [1.807, 2.05) is 0 Å². The summed E-state index contributed by atoms with van der Waals surface area (Å²) < 4.78 is 74.8. The molecule has 2 heterocycles. The Hall–Kier alpha value is -5.43. The van der Waals surface area contributed by atoms with E-state index in [1.54, 1.807) is 66.7 Å². The minimum Gasteiger partial charge on any atom is -0.419 e. The molecule has 0 saturated carbocycles. The molecule has 0 aliphatic carbocycles. The number of carbonyl (C=O) groups is 2. The molecule has 1 aromatic heterocycles. The average molecular weight is 633 g/mol. The van der Waals surface area contributed by atoms with Crippen LogP contribution in [0, 0.1) is 0 Å². The molecule has 1 aliphatic heterocycles. The normalized spacial score (nSPS) is 17.0. The van der Waals surface area contributed by atoms with E-state index >= 15 is 0 Å². The molecule has 4 aromatic carbocycles. The van der Waals surface area contributed by atoms with Gasteiger partial charge in [-0.15, -0.1) is 0 Å². The van der Waals surface area contributed by atoms with Crippen molar-refractivity contribution in [2.45, 2.75) is 16.6 Å². The number of likely N-dealkylation sites (N-methyl/N-ethyl adjacent to an activating group) is 1. The number of hydrogen-bond acceptors (Lipinski definition) is 7. The van der Waals surface area contributed by atoms with Gasteiger partial charge < -0.3 is 10.5 Å². The van der Waals surface area contributed by atoms with Crippen LogP contribution in [-0.2, 0) is 25.2 Å². The van der Waals surface area contributed by atoms with Crippen molar-refractivity contribution in [3.05, 3.63) is 120 Å². The van der Waals surface area contributed by atoms with Gasteiger partial charge in [-0.25, -0.2) is 22.2 Å². The Morgan fingerprint density at radius 3 is 2.11 bits per heavy atom. The Morgan fingerprint density at radius 2 is 1.49 bits per heavy atom. The summed E-state index contributed by atoms with van der Waals surface area (Å²) in [6, 6.07) is 26.1. The maximum Gasteiger partial charge on any atom is 0.491 e. The maximum atomic E-state index is 13.9. The number of aliphatic imine (C=N–C) groups is 1. The average Bonchev–Trinajstić information content (AvgIpc) is 3.53. The van der Waals surface area contributed by atoms with E-state index in [4.69, 9.17) is 10.5 Å². The van der Waals surface area contributed by atoms with Crippen LogP contribution in [0.15, 0.2) is 119 Å². The monoisotopic (exact) mass is 632 g/mol. The second-order valence-electron chi connectivity index (χ2n) is 10.2. The number of ether oxygens (including phenoxy) is 1. The van der Waals surface area contributed by atoms with Crippen LogP contribution in [0.25, 0.3) is 22.0 Å². The zero-order chi connectivity index (χ0) is 32.1. The summed E-state index contributed by atoms with van der Waals surface area (Å²) in [6.45, 7) is 0. The van der Waals surface area contributed by atoms with Crippen molar-refractivity contribution in [3.8, 4) is 16.9 Å². The number of aromatic nitrogens is 1. The fourth-order valence-electron chi connectivity index (χ4n) is 5.40. The predicted molar refractivity (Wildman–Crippen MR) is 160 cm³/mol. The number of guanidine groups is 1. The molecule has 45 heavy (non-hydrogen) atoms. The molecule has 5 aromatic rings. The fourth-order valence-corrected chi connectivity index (χ4v) is 6.79. The highest BCUT2D eigenvalue weighted by atomic mass is 32.2. The van der Waals surface area contributed by atoms with Gasteiger partial charge in [0.1, 0.15) is 5.75 Å². The highest BCUT2D eigenvalue weighted by Crippen LogP contribution is 2.48. The fraction of sp³-hybridized carbons (Fsp3) is 0.0938. The number of halogens is 3. The van der Waals surface area contributed by atoms with Crippen LogP contribution in [0.2, 0.25) is 0 Å². The lowest BCUT2D eigenvalue weighted by Crippen LogP contribution is -2.41. The zero-order valence-electron chi connectivity index (χ0n) is 23.4. The van der Waals surface area contributed by atoms with Crippen LogP contribution in [0.1, 0.15) is 11.1 Å². The van der Waals surface area contributed by atoms with Crippen LogP contribution in [0.3, 0.4) is 0 Å². The van der Waals surface area contributed by atoms with Gasteiger partial charge in [0.15, 0.2) is 11.5 Å². The van der Waals surface area contributed by atoms with E-state index < -0.39 is 39.4 Å². The van der Waals surface area contributed by atoms with E-state index in [9.17, 15) is 31.2 Å². The molecule has 1 amide bonds. The molecule has 6 rings (SSSR count). The van der Waals surface area contributed by atoms with Gasteiger partial charge in [0.25, 0.3) is 15.9 Å². The Bertz CT molecular complexity index is 2110. The van der Waals surface area contributed by atoms with E-state index in [-0.39, 0.29) is 38.6 Å². The van der Waals surface area contributed by atoms with Gasteiger partial charge in [0.05, 0.1) is 10.4 Å². The van der Waals surface area contributed by atoms with Gasteiger partial charge in [-0.1, -0.05) is 84.9 Å². The molecule has 0 fully saturated rings. The van der Waals surface area contributed by atoms with Gasteiger partial charge in [-0.3, -0.25) is 9.69 Å². The van der Waals surface area contributed by atoms with Crippen molar-refractivity contribution in [1.29, 1.82) is 0 Å². The van der Waals surface area contributed by atoms with Gasteiger partial charge in [0.2, 0.25) is 0 Å². The molecule has 13 heteroatoms. The molecular formula is C32H23F3N4O5S. The first kappa shape index (κ1) is 29.6. The van der Waals surface area contributed by atoms with Crippen molar-refractivity contribution in [2.75, 3.05) is 7.05 Å². The summed E-state index contributed by atoms with van der Waals surface area (Å²) in [5, 5.41) is 0.324. The lowest BCUT2D eigenvalue weighted by atomic mass is 9.81. The van der Waals surface area contributed by atoms with Gasteiger partial charge >= 0.3 is 12.1 Å². The van der Waals surface area contributed by atoms with Gasteiger partial charge in [0, 0.05) is 35.3 Å². The topological polar surface area (TPSA) is 124 Å². The summed E-state index contributed by atoms with van der Waals surface area (Å²) in [5.74, 6) is -4.10. The second kappa shape index (κ2) is 10.6. The van der Waals surface area contributed by atoms with E-state index in [1.165, 1.54) is 49.6 Å². The number of esters is 1. The highest BCUT2D eigenvalue weighted by Gasteiger charge is 2.52. The standard InChI is InChI=1S/C32H23F3N4O5S/c1-38-28(40)31(37-30(38)36,20-11-4-2-5-12-20)25-17-10-16-23(27(25)44-29(41)32(33,34)35)24-19-39(26-18-9-8-15-22(24)26)45(42,43)21-13-6-3-7-14-21/h2-19H,1H3,(H2,36,37). The first-order chi connectivity index (χ1) is 21.4. The summed E-state index contributed by atoms with van der Waals surface area (Å²) in [4.78, 5) is 31.8. The van der Waals surface area contributed by atoms with Crippen LogP contribution in [0.4, 0.5) is 13.2 Å². The minimum absolute atomic E-state index is 0.0257. The van der Waals surface area contributed by atoms with E-state index in [0.29, 0.717) is 5.39 Å². The minimum atomic E-state index is -5.41. The van der Waals surface area contributed by atoms with Crippen LogP contribution in [-0.4, -0.2) is 48.4 Å². The number of rotatable bonds is 6. The van der Waals surface area contributed by atoms with Crippen LogP contribution >= 0.6 is 0 Å². The smallest absolute Gasteiger partial charge is 0.419 e. The Kier molecular flexibility index (Phi) is 7.00. The maximum absolute atomic E-state index is 13.9. The molecule has 2 N–H and O–H groups in total. The number of fused-ring (bicyclic) bond motifs is 1. The molecule has 0 saturated heterocycles. The number of para-hydroxylation sites is 2. The third-order valence-corrected chi connectivity index (χ3v) is 9.22. The highest BCUT2D eigenvalue weighted by molar-refractivity contribution is 7.90. The first-order valence-corrected chi connectivity index (χ1v) is 14.8. The van der Waals surface area contributed by atoms with Gasteiger partial charge in [-0.05, 0) is 23.8 Å². The molecular weight excluding hydrogens is 609 g/mol. The molecule has 1 unspecified atom stereocenters. The zero-order valence-corrected chi connectivity index (χ0v) is 24.2. The number of nitrogens with zero attached hydrogens (tertiary/aromatic N) is 3. The van der Waals surface area contributed by atoms with E-state index in [0.717, 1.165) is 8.87 Å². The number of carbonyl (C=O) groups excluding carboxylic acids is 2. The van der Waals surface area contributed by atoms with Crippen LogP contribution < -0.4 is 10.5 Å². The van der Waals surface area contributed by atoms with Crippen molar-refractivity contribution < 1.29 is 35.9 Å². The molecule has 1 atom stereocenters.